The summed E-state index contributed by atoms with van der Waals surface area (Å²) < 4.78 is 5.95. The lowest BCUT2D eigenvalue weighted by Gasteiger charge is -2.38. The molecular weight excluding hydrogens is 388 g/mol. The van der Waals surface area contributed by atoms with E-state index in [0.717, 1.165) is 0 Å². The average molecular weight is 404 g/mol. The first kappa shape index (κ1) is 18.0. The van der Waals surface area contributed by atoms with Crippen LogP contribution in [0.15, 0.2) is 40.9 Å². The van der Waals surface area contributed by atoms with Crippen LogP contribution in [0.3, 0.4) is 0 Å². The van der Waals surface area contributed by atoms with Crippen LogP contribution < -0.4 is 10.8 Å². The van der Waals surface area contributed by atoms with Crippen LogP contribution in [0.25, 0.3) is 11.1 Å². The number of terminal acetylenes is 1. The van der Waals surface area contributed by atoms with Gasteiger partial charge in [0, 0.05) is 18.8 Å². The second-order valence-electron chi connectivity index (χ2n) is 7.22. The summed E-state index contributed by atoms with van der Waals surface area (Å²) in [6, 6.07) is 7.81. The number of carbonyl (C=O) groups excluding carboxylic acids is 2. The molecular formula is C21H16N4O5. The first-order chi connectivity index (χ1) is 14.5. The fourth-order valence-electron chi connectivity index (χ4n) is 3.95. The number of nitrogens with one attached hydrogen (secondary N) is 2. The molecule has 4 heterocycles. The Morgan fingerprint density at radius 2 is 2.20 bits per heavy atom. The van der Waals surface area contributed by atoms with Crippen LogP contribution in [-0.2, 0) is 16.9 Å². The Morgan fingerprint density at radius 1 is 1.33 bits per heavy atom. The summed E-state index contributed by atoms with van der Waals surface area (Å²) in [7, 11) is 0. The van der Waals surface area contributed by atoms with Crippen molar-refractivity contribution in [3.05, 3.63) is 59.0 Å². The lowest BCUT2D eigenvalue weighted by atomic mass is 9.95. The Labute approximate surface area is 170 Å². The molecule has 1 fully saturated rings. The maximum absolute atomic E-state index is 13.1. The lowest BCUT2D eigenvalue weighted by Crippen LogP contribution is -2.62. The molecule has 1 saturated heterocycles. The highest BCUT2D eigenvalue weighted by atomic mass is 16.7. The zero-order valence-electron chi connectivity index (χ0n) is 15.6. The van der Waals surface area contributed by atoms with Crippen molar-refractivity contribution in [2.75, 3.05) is 13.2 Å². The normalized spacial score (nSPS) is 20.6. The van der Waals surface area contributed by atoms with E-state index in [0.29, 0.717) is 28.0 Å². The SMILES string of the molecule is C#Cc1c(O)ccc2c1C(=O)N(CC1(c3cc4ncccc4o3)CONC(=O)N1)C2. The number of urea groups is 1. The number of hydroxylamine groups is 1. The molecule has 150 valence electrons. The summed E-state index contributed by atoms with van der Waals surface area (Å²) in [6.45, 7) is 0.358. The first-order valence-electron chi connectivity index (χ1n) is 9.16. The van der Waals surface area contributed by atoms with E-state index in [1.54, 1.807) is 35.4 Å². The van der Waals surface area contributed by atoms with Gasteiger partial charge in [-0.15, -0.1) is 6.42 Å². The standard InChI is InChI=1S/C21H16N4O5/c1-2-13-15(26)6-5-12-9-25(19(27)18(12)13)10-21(11-29-24-20(28)23-21)17-8-14-16(30-17)4-3-7-22-14/h1,3-8,26H,9-11H2,(H2,23,24,28). The predicted octanol–water partition coefficient (Wildman–Crippen LogP) is 1.61. The Hall–Kier alpha value is -4.03. The van der Waals surface area contributed by atoms with Gasteiger partial charge in [-0.1, -0.05) is 12.0 Å². The molecule has 0 aliphatic carbocycles. The van der Waals surface area contributed by atoms with Crippen LogP contribution >= 0.6 is 0 Å². The van der Waals surface area contributed by atoms with Crippen molar-refractivity contribution in [1.82, 2.24) is 20.7 Å². The summed E-state index contributed by atoms with van der Waals surface area (Å²) in [6.07, 6.45) is 7.15. The molecule has 0 bridgehead atoms. The molecule has 3 amide bonds. The van der Waals surface area contributed by atoms with E-state index in [1.807, 2.05) is 0 Å². The minimum absolute atomic E-state index is 0.0198. The second kappa shape index (κ2) is 6.50. The minimum atomic E-state index is -1.14. The van der Waals surface area contributed by atoms with Gasteiger partial charge in [0.2, 0.25) is 0 Å². The number of pyridine rings is 1. The van der Waals surface area contributed by atoms with Gasteiger partial charge in [0.1, 0.15) is 29.2 Å². The molecule has 1 atom stereocenters. The van der Waals surface area contributed by atoms with Gasteiger partial charge in [-0.2, -0.15) is 0 Å². The van der Waals surface area contributed by atoms with Gasteiger partial charge in [-0.05, 0) is 23.8 Å². The lowest BCUT2D eigenvalue weighted by molar-refractivity contribution is -0.0284. The number of amides is 3. The molecule has 1 aromatic carbocycles. The number of aromatic hydroxyl groups is 1. The number of phenolic OH excluding ortho intramolecular Hbond substituents is 1. The Kier molecular flexibility index (Phi) is 3.91. The third-order valence-corrected chi connectivity index (χ3v) is 5.33. The summed E-state index contributed by atoms with van der Waals surface area (Å²) in [4.78, 5) is 36.3. The van der Waals surface area contributed by atoms with Crippen molar-refractivity contribution in [1.29, 1.82) is 0 Å². The van der Waals surface area contributed by atoms with Crippen LogP contribution in [0.1, 0.15) is 27.2 Å². The molecule has 2 aromatic heterocycles. The number of nitrogens with zero attached hydrogens (tertiary/aromatic N) is 2. The molecule has 0 spiro atoms. The number of aromatic nitrogens is 1. The van der Waals surface area contributed by atoms with E-state index in [1.165, 1.54) is 6.07 Å². The van der Waals surface area contributed by atoms with Crippen molar-refractivity contribution in [3.8, 4) is 18.1 Å². The number of phenols is 1. The van der Waals surface area contributed by atoms with Crippen molar-refractivity contribution in [3.63, 3.8) is 0 Å². The van der Waals surface area contributed by atoms with Gasteiger partial charge >= 0.3 is 6.03 Å². The molecule has 0 saturated carbocycles. The number of furan rings is 1. The van der Waals surface area contributed by atoms with Crippen LogP contribution in [0.5, 0.6) is 5.75 Å². The van der Waals surface area contributed by atoms with Gasteiger partial charge in [-0.3, -0.25) is 14.6 Å². The van der Waals surface area contributed by atoms with Crippen molar-refractivity contribution in [2.45, 2.75) is 12.1 Å². The smallest absolute Gasteiger partial charge is 0.339 e. The molecule has 9 nitrogen and oxygen atoms in total. The highest BCUT2D eigenvalue weighted by Crippen LogP contribution is 2.35. The van der Waals surface area contributed by atoms with E-state index in [9.17, 15) is 14.7 Å². The van der Waals surface area contributed by atoms with Crippen molar-refractivity contribution in [2.24, 2.45) is 0 Å². The molecule has 1 unspecified atom stereocenters. The van der Waals surface area contributed by atoms with Gasteiger partial charge in [0.05, 0.1) is 17.7 Å². The highest BCUT2D eigenvalue weighted by Gasteiger charge is 2.45. The zero-order valence-corrected chi connectivity index (χ0v) is 15.6. The van der Waals surface area contributed by atoms with Crippen LogP contribution in [0, 0.1) is 12.3 Å². The zero-order chi connectivity index (χ0) is 20.9. The van der Waals surface area contributed by atoms with Crippen molar-refractivity contribution >= 4 is 23.0 Å². The Morgan fingerprint density at radius 3 is 2.97 bits per heavy atom. The number of hydrogen-bond acceptors (Lipinski definition) is 6. The second-order valence-corrected chi connectivity index (χ2v) is 7.22. The maximum Gasteiger partial charge on any atom is 0.339 e. The molecule has 3 aromatic rings. The Balaban J connectivity index is 1.55. The highest BCUT2D eigenvalue weighted by molar-refractivity contribution is 6.01. The number of carbonyl (C=O) groups is 2. The van der Waals surface area contributed by atoms with E-state index in [4.69, 9.17) is 15.7 Å². The Bertz CT molecular complexity index is 1210. The molecule has 0 radical (unpaired) electrons. The molecule has 30 heavy (non-hydrogen) atoms. The van der Waals surface area contributed by atoms with Gasteiger partial charge in [0.15, 0.2) is 5.58 Å². The monoisotopic (exact) mass is 404 g/mol. The quantitative estimate of drug-likeness (QED) is 0.571. The van der Waals surface area contributed by atoms with Crippen LogP contribution in [-0.4, -0.2) is 40.1 Å². The number of fused-ring (bicyclic) bond motifs is 2. The molecule has 2 aliphatic rings. The predicted molar refractivity (Wildman–Crippen MR) is 104 cm³/mol. The molecule has 9 heteroatoms. The summed E-state index contributed by atoms with van der Waals surface area (Å²) in [5, 5.41) is 12.9. The van der Waals surface area contributed by atoms with E-state index in [2.05, 4.69) is 21.7 Å². The third-order valence-electron chi connectivity index (χ3n) is 5.33. The van der Waals surface area contributed by atoms with Crippen LogP contribution in [0.2, 0.25) is 0 Å². The maximum atomic E-state index is 13.1. The first-order valence-corrected chi connectivity index (χ1v) is 9.16. The summed E-state index contributed by atoms with van der Waals surface area (Å²) in [5.74, 6) is 2.34. The van der Waals surface area contributed by atoms with Gasteiger partial charge in [0.25, 0.3) is 5.91 Å². The topological polar surface area (TPSA) is 117 Å². The van der Waals surface area contributed by atoms with Gasteiger partial charge < -0.3 is 19.7 Å². The summed E-state index contributed by atoms with van der Waals surface area (Å²) in [5.41, 5.74) is 3.43. The van der Waals surface area contributed by atoms with E-state index < -0.39 is 11.6 Å². The van der Waals surface area contributed by atoms with Gasteiger partial charge in [-0.25, -0.2) is 10.3 Å². The van der Waals surface area contributed by atoms with E-state index in [-0.39, 0.29) is 36.9 Å². The average Bonchev–Trinajstić information content (AvgIpc) is 3.31. The largest absolute Gasteiger partial charge is 0.507 e. The van der Waals surface area contributed by atoms with Crippen molar-refractivity contribution < 1.29 is 24.0 Å². The molecule has 5 rings (SSSR count). The number of rotatable bonds is 3. The minimum Gasteiger partial charge on any atom is -0.507 e. The molecule has 3 N–H and O–H groups in total. The number of benzene rings is 1. The molecule has 2 aliphatic heterocycles. The number of hydrogen-bond donors (Lipinski definition) is 3. The van der Waals surface area contributed by atoms with Crippen LogP contribution in [0.4, 0.5) is 4.79 Å². The fraction of sp³-hybridized carbons (Fsp3) is 0.190. The third kappa shape index (κ3) is 2.66. The van der Waals surface area contributed by atoms with E-state index >= 15 is 0 Å². The fourth-order valence-corrected chi connectivity index (χ4v) is 3.95. The summed E-state index contributed by atoms with van der Waals surface area (Å²) >= 11 is 0.